The molecule has 2 rings (SSSR count). The number of methoxy groups -OCH3 is 1. The molecule has 1 unspecified atom stereocenters. The average molecular weight is 253 g/mol. The summed E-state index contributed by atoms with van der Waals surface area (Å²) < 4.78 is 21.7. The molecule has 1 N–H and O–H groups in total. The van der Waals surface area contributed by atoms with Crippen molar-refractivity contribution in [3.63, 3.8) is 0 Å². The van der Waals surface area contributed by atoms with Crippen LogP contribution in [0.1, 0.15) is 12.5 Å². The van der Waals surface area contributed by atoms with Gasteiger partial charge >= 0.3 is 0 Å². The lowest BCUT2D eigenvalue weighted by Gasteiger charge is -2.17. The van der Waals surface area contributed by atoms with Crippen LogP contribution in [0.3, 0.4) is 0 Å². The van der Waals surface area contributed by atoms with Gasteiger partial charge in [-0.3, -0.25) is 0 Å². The van der Waals surface area contributed by atoms with Crippen LogP contribution in [0, 0.1) is 0 Å². The van der Waals surface area contributed by atoms with E-state index in [0.717, 1.165) is 22.8 Å². The molecule has 0 spiro atoms. The van der Waals surface area contributed by atoms with Gasteiger partial charge in [0.25, 0.3) is 0 Å². The number of hydrogen-bond acceptors (Lipinski definition) is 5. The maximum absolute atomic E-state index is 5.86. The van der Waals surface area contributed by atoms with Gasteiger partial charge in [0.1, 0.15) is 11.9 Å². The molecule has 0 saturated heterocycles. The van der Waals surface area contributed by atoms with E-state index >= 15 is 0 Å². The lowest BCUT2D eigenvalue weighted by atomic mass is 10.1. The highest BCUT2D eigenvalue weighted by Gasteiger charge is 2.18. The van der Waals surface area contributed by atoms with E-state index in [9.17, 15) is 0 Å². The summed E-state index contributed by atoms with van der Waals surface area (Å²) in [5, 5.41) is 3.11. The summed E-state index contributed by atoms with van der Waals surface area (Å²) in [6, 6.07) is 3.83. The molecule has 18 heavy (non-hydrogen) atoms. The molecule has 0 bridgehead atoms. The van der Waals surface area contributed by atoms with Gasteiger partial charge in [-0.2, -0.15) is 0 Å². The molecule has 5 nitrogen and oxygen atoms in total. The predicted octanol–water partition coefficient (Wildman–Crippen LogP) is 1.55. The second-order valence-electron chi connectivity index (χ2n) is 4.23. The molecule has 0 fully saturated rings. The monoisotopic (exact) mass is 253 g/mol. The summed E-state index contributed by atoms with van der Waals surface area (Å²) in [7, 11) is 3.56. The molecule has 1 aromatic rings. The Kier molecular flexibility index (Phi) is 4.28. The molecule has 0 aromatic heterocycles. The molecule has 100 valence electrons. The van der Waals surface area contributed by atoms with Crippen molar-refractivity contribution >= 4 is 0 Å². The number of rotatable bonds is 6. The minimum Gasteiger partial charge on any atom is -0.488 e. The number of ether oxygens (including phenoxy) is 4. The Hall–Kier alpha value is -1.46. The van der Waals surface area contributed by atoms with Crippen molar-refractivity contribution in [1.82, 2.24) is 5.32 Å². The van der Waals surface area contributed by atoms with Gasteiger partial charge in [0, 0.05) is 25.3 Å². The first-order chi connectivity index (χ1) is 8.74. The second kappa shape index (κ2) is 5.93. The molecular formula is C13H19NO4. The standard InChI is InChI=1S/C13H19NO4/c1-9(7-15-3)18-11-5-13-12(16-8-17-13)4-10(11)6-14-2/h4-5,9,14H,6-8H2,1-3H3. The summed E-state index contributed by atoms with van der Waals surface area (Å²) in [4.78, 5) is 0. The van der Waals surface area contributed by atoms with Crippen molar-refractivity contribution < 1.29 is 18.9 Å². The maximum Gasteiger partial charge on any atom is 0.231 e. The Labute approximate surface area is 107 Å². The normalized spacial score (nSPS) is 14.6. The zero-order valence-corrected chi connectivity index (χ0v) is 11.0. The Morgan fingerprint density at radius 2 is 2.06 bits per heavy atom. The minimum atomic E-state index is -0.00835. The molecule has 0 saturated carbocycles. The van der Waals surface area contributed by atoms with E-state index < -0.39 is 0 Å². The zero-order valence-electron chi connectivity index (χ0n) is 11.0. The van der Waals surface area contributed by atoms with E-state index in [-0.39, 0.29) is 12.9 Å². The van der Waals surface area contributed by atoms with E-state index in [2.05, 4.69) is 5.32 Å². The van der Waals surface area contributed by atoms with E-state index in [0.29, 0.717) is 13.2 Å². The van der Waals surface area contributed by atoms with Crippen molar-refractivity contribution in [2.24, 2.45) is 0 Å². The third-order valence-electron chi connectivity index (χ3n) is 2.65. The van der Waals surface area contributed by atoms with E-state index in [4.69, 9.17) is 18.9 Å². The van der Waals surface area contributed by atoms with Crippen LogP contribution in [0.5, 0.6) is 17.2 Å². The summed E-state index contributed by atoms with van der Waals surface area (Å²) in [6.45, 7) is 3.50. The van der Waals surface area contributed by atoms with Gasteiger partial charge in [-0.25, -0.2) is 0 Å². The van der Waals surface area contributed by atoms with Crippen LogP contribution in [0.4, 0.5) is 0 Å². The van der Waals surface area contributed by atoms with E-state index in [1.54, 1.807) is 7.11 Å². The van der Waals surface area contributed by atoms with Crippen LogP contribution < -0.4 is 19.5 Å². The van der Waals surface area contributed by atoms with Gasteiger partial charge in [-0.1, -0.05) is 0 Å². The second-order valence-corrected chi connectivity index (χ2v) is 4.23. The first-order valence-electron chi connectivity index (χ1n) is 5.97. The van der Waals surface area contributed by atoms with Crippen LogP contribution in [-0.4, -0.2) is 33.7 Å². The quantitative estimate of drug-likeness (QED) is 0.833. The topological polar surface area (TPSA) is 49.0 Å². The predicted molar refractivity (Wildman–Crippen MR) is 67.3 cm³/mol. The molecule has 1 aliphatic heterocycles. The first-order valence-corrected chi connectivity index (χ1v) is 5.97. The lowest BCUT2D eigenvalue weighted by Crippen LogP contribution is -2.19. The Morgan fingerprint density at radius 3 is 2.72 bits per heavy atom. The smallest absolute Gasteiger partial charge is 0.231 e. The Morgan fingerprint density at radius 1 is 1.33 bits per heavy atom. The fourth-order valence-electron chi connectivity index (χ4n) is 1.89. The number of hydrogen-bond donors (Lipinski definition) is 1. The molecular weight excluding hydrogens is 234 g/mol. The van der Waals surface area contributed by atoms with Crippen molar-refractivity contribution in [2.45, 2.75) is 19.6 Å². The highest BCUT2D eigenvalue weighted by molar-refractivity contribution is 5.51. The third kappa shape index (κ3) is 2.86. The van der Waals surface area contributed by atoms with E-state index in [1.165, 1.54) is 0 Å². The summed E-state index contributed by atoms with van der Waals surface area (Å²) in [6.07, 6.45) is -0.00835. The molecule has 5 heteroatoms. The fourth-order valence-corrected chi connectivity index (χ4v) is 1.89. The number of fused-ring (bicyclic) bond motifs is 1. The van der Waals surface area contributed by atoms with Gasteiger partial charge < -0.3 is 24.3 Å². The molecule has 0 radical (unpaired) electrons. The van der Waals surface area contributed by atoms with Crippen molar-refractivity contribution in [3.05, 3.63) is 17.7 Å². The number of benzene rings is 1. The molecule has 1 aromatic carbocycles. The summed E-state index contributed by atoms with van der Waals surface area (Å²) >= 11 is 0. The Bertz CT molecular complexity index is 408. The minimum absolute atomic E-state index is 0.00835. The molecule has 1 heterocycles. The SMILES string of the molecule is CNCc1cc2c(cc1OC(C)COC)OCO2. The van der Waals surface area contributed by atoms with Crippen LogP contribution in [0.15, 0.2) is 12.1 Å². The van der Waals surface area contributed by atoms with E-state index in [1.807, 2.05) is 26.1 Å². The van der Waals surface area contributed by atoms with Crippen molar-refractivity contribution in [2.75, 3.05) is 27.6 Å². The summed E-state index contributed by atoms with van der Waals surface area (Å²) in [5.41, 5.74) is 1.05. The highest BCUT2D eigenvalue weighted by Crippen LogP contribution is 2.38. The van der Waals surface area contributed by atoms with Gasteiger partial charge in [0.15, 0.2) is 11.5 Å². The Balaban J connectivity index is 2.20. The van der Waals surface area contributed by atoms with Gasteiger partial charge in [-0.15, -0.1) is 0 Å². The maximum atomic E-state index is 5.86. The highest BCUT2D eigenvalue weighted by atomic mass is 16.7. The van der Waals surface area contributed by atoms with Crippen LogP contribution in [-0.2, 0) is 11.3 Å². The van der Waals surface area contributed by atoms with Crippen molar-refractivity contribution in [1.29, 1.82) is 0 Å². The van der Waals surface area contributed by atoms with Crippen LogP contribution in [0.25, 0.3) is 0 Å². The molecule has 1 aliphatic rings. The first kappa shape index (κ1) is 13.0. The molecule has 1 atom stereocenters. The fraction of sp³-hybridized carbons (Fsp3) is 0.538. The van der Waals surface area contributed by atoms with Gasteiger partial charge in [0.05, 0.1) is 6.61 Å². The van der Waals surface area contributed by atoms with Gasteiger partial charge in [0.2, 0.25) is 6.79 Å². The lowest BCUT2D eigenvalue weighted by molar-refractivity contribution is 0.0912. The van der Waals surface area contributed by atoms with Gasteiger partial charge in [-0.05, 0) is 20.0 Å². The number of nitrogens with one attached hydrogen (secondary N) is 1. The van der Waals surface area contributed by atoms with Crippen LogP contribution >= 0.6 is 0 Å². The van der Waals surface area contributed by atoms with Crippen molar-refractivity contribution in [3.8, 4) is 17.2 Å². The third-order valence-corrected chi connectivity index (χ3v) is 2.65. The molecule has 0 aliphatic carbocycles. The summed E-state index contributed by atoms with van der Waals surface area (Å²) in [5.74, 6) is 2.31. The molecule has 0 amide bonds. The average Bonchev–Trinajstić information content (AvgIpc) is 2.77. The zero-order chi connectivity index (χ0) is 13.0. The largest absolute Gasteiger partial charge is 0.488 e. The van der Waals surface area contributed by atoms with Crippen LogP contribution in [0.2, 0.25) is 0 Å².